The molecule has 282 valence electrons. The molecule has 0 aliphatic carbocycles. The van der Waals surface area contributed by atoms with Gasteiger partial charge in [0, 0.05) is 26.7 Å². The number of hydroxylamine groups is 1. The van der Waals surface area contributed by atoms with Crippen molar-refractivity contribution in [2.75, 3.05) is 53.6 Å². The van der Waals surface area contributed by atoms with E-state index in [2.05, 4.69) is 26.3 Å². The van der Waals surface area contributed by atoms with Gasteiger partial charge in [0.1, 0.15) is 18.4 Å². The number of sulfonamides is 1. The Morgan fingerprint density at radius 2 is 1.78 bits per heavy atom. The van der Waals surface area contributed by atoms with E-state index in [9.17, 15) is 27.9 Å². The van der Waals surface area contributed by atoms with Crippen molar-refractivity contribution in [1.29, 1.82) is 0 Å². The summed E-state index contributed by atoms with van der Waals surface area (Å²) in [6, 6.07) is 13.6. The molecule has 3 amide bonds. The standard InChI is InChI=1S/C34H49N5O11S/c1-34(2,15-16-36-32(42)37-19-30(41)50-35-3)22-39(51(44,45)25-12-10-24(46-4)11-13-25)20-28(40)27(18-23-8-6-5-7-9-23)38-33(43)49-29-21-48-31-26(29)14-17-47-31/h5-13,26-29,31,35,40H,14-22H2,1-4H3,(H,38,43)(H2,36,37,42)/t26-,27-,28+,29-,31+/m0/s1. The van der Waals surface area contributed by atoms with Gasteiger partial charge in [0.05, 0.1) is 43.3 Å². The zero-order chi connectivity index (χ0) is 37.0. The lowest BCUT2D eigenvalue weighted by atomic mass is 9.89. The second-order valence-corrected chi connectivity index (χ2v) is 15.1. The van der Waals surface area contributed by atoms with Crippen LogP contribution in [0.25, 0.3) is 0 Å². The van der Waals surface area contributed by atoms with Gasteiger partial charge in [-0.1, -0.05) is 44.2 Å². The molecular weight excluding hydrogens is 686 g/mol. The number of rotatable bonds is 18. The van der Waals surface area contributed by atoms with Gasteiger partial charge in [0.2, 0.25) is 10.0 Å². The van der Waals surface area contributed by atoms with E-state index in [1.807, 2.05) is 44.2 Å². The predicted octanol–water partition coefficient (Wildman–Crippen LogP) is 1.54. The first-order chi connectivity index (χ1) is 24.3. The lowest BCUT2D eigenvalue weighted by molar-refractivity contribution is -0.148. The molecule has 5 N–H and O–H groups in total. The van der Waals surface area contributed by atoms with Gasteiger partial charge in [0.15, 0.2) is 6.29 Å². The summed E-state index contributed by atoms with van der Waals surface area (Å²) < 4.78 is 51.6. The number of fused-ring (bicyclic) bond motifs is 1. The molecule has 5 atom stereocenters. The van der Waals surface area contributed by atoms with Gasteiger partial charge in [-0.2, -0.15) is 9.79 Å². The van der Waals surface area contributed by atoms with Crippen molar-refractivity contribution < 1.29 is 51.7 Å². The van der Waals surface area contributed by atoms with Gasteiger partial charge in [0.25, 0.3) is 0 Å². The Morgan fingerprint density at radius 3 is 2.47 bits per heavy atom. The molecule has 51 heavy (non-hydrogen) atoms. The molecule has 4 rings (SSSR count). The van der Waals surface area contributed by atoms with Crippen LogP contribution in [0.2, 0.25) is 0 Å². The summed E-state index contributed by atoms with van der Waals surface area (Å²) >= 11 is 0. The number of nitrogens with zero attached hydrogens (tertiary/aromatic N) is 1. The number of methoxy groups -OCH3 is 1. The lowest BCUT2D eigenvalue weighted by Gasteiger charge is -2.35. The van der Waals surface area contributed by atoms with Crippen LogP contribution in [0.15, 0.2) is 59.5 Å². The molecule has 16 nitrogen and oxygen atoms in total. The first-order valence-electron chi connectivity index (χ1n) is 16.8. The van der Waals surface area contributed by atoms with Crippen LogP contribution < -0.4 is 26.2 Å². The molecule has 0 spiro atoms. The van der Waals surface area contributed by atoms with Crippen LogP contribution in [-0.4, -0.2) is 114 Å². The van der Waals surface area contributed by atoms with E-state index >= 15 is 0 Å². The highest BCUT2D eigenvalue weighted by Crippen LogP contribution is 2.33. The molecule has 0 aromatic heterocycles. The average molecular weight is 736 g/mol. The molecule has 0 bridgehead atoms. The predicted molar refractivity (Wildman–Crippen MR) is 184 cm³/mol. The first kappa shape index (κ1) is 39.8. The van der Waals surface area contributed by atoms with Gasteiger partial charge in [-0.3, -0.25) is 0 Å². The molecule has 2 aromatic rings. The molecule has 17 heteroatoms. The van der Waals surface area contributed by atoms with Crippen LogP contribution in [0.3, 0.4) is 0 Å². The highest BCUT2D eigenvalue weighted by molar-refractivity contribution is 7.89. The number of urea groups is 1. The number of aliphatic hydroxyl groups excluding tert-OH is 1. The summed E-state index contributed by atoms with van der Waals surface area (Å²) in [5.74, 6) is -0.293. The topological polar surface area (TPSA) is 203 Å². The van der Waals surface area contributed by atoms with Crippen molar-refractivity contribution >= 4 is 28.1 Å². The molecule has 2 fully saturated rings. The zero-order valence-electron chi connectivity index (χ0n) is 29.3. The number of hydrogen-bond acceptors (Lipinski definition) is 12. The van der Waals surface area contributed by atoms with Crippen LogP contribution in [-0.2, 0) is 40.3 Å². The highest BCUT2D eigenvalue weighted by Gasteiger charge is 2.44. The minimum Gasteiger partial charge on any atom is -0.497 e. The Labute approximate surface area is 298 Å². The van der Waals surface area contributed by atoms with E-state index in [0.717, 1.165) is 5.56 Å². The minimum absolute atomic E-state index is 0.0150. The van der Waals surface area contributed by atoms with Crippen molar-refractivity contribution in [1.82, 2.24) is 25.7 Å². The number of ether oxygens (including phenoxy) is 4. The van der Waals surface area contributed by atoms with Crippen LogP contribution in [0.5, 0.6) is 5.75 Å². The van der Waals surface area contributed by atoms with Gasteiger partial charge >= 0.3 is 18.1 Å². The summed E-state index contributed by atoms with van der Waals surface area (Å²) in [7, 11) is -1.31. The number of hydrogen-bond donors (Lipinski definition) is 5. The Kier molecular flexibility index (Phi) is 14.4. The number of carbonyl (C=O) groups excluding carboxylic acids is 3. The van der Waals surface area contributed by atoms with Crippen molar-refractivity contribution in [3.05, 3.63) is 60.2 Å². The van der Waals surface area contributed by atoms with E-state index in [-0.39, 0.29) is 50.0 Å². The lowest BCUT2D eigenvalue weighted by Crippen LogP contribution is -2.52. The van der Waals surface area contributed by atoms with Gasteiger partial charge < -0.3 is 44.8 Å². The number of carbonyl (C=O) groups is 3. The third-order valence-corrected chi connectivity index (χ3v) is 10.5. The molecule has 0 unspecified atom stereocenters. The zero-order valence-corrected chi connectivity index (χ0v) is 30.1. The van der Waals surface area contributed by atoms with E-state index < -0.39 is 58.1 Å². The molecule has 2 saturated heterocycles. The molecular formula is C34H49N5O11S. The largest absolute Gasteiger partial charge is 0.497 e. The summed E-state index contributed by atoms with van der Waals surface area (Å²) in [6.07, 6.45) is -1.85. The van der Waals surface area contributed by atoms with Crippen LogP contribution in [0.4, 0.5) is 9.59 Å². The van der Waals surface area contributed by atoms with E-state index in [4.69, 9.17) is 18.9 Å². The van der Waals surface area contributed by atoms with Crippen molar-refractivity contribution in [2.24, 2.45) is 11.3 Å². The smallest absolute Gasteiger partial charge is 0.407 e. The van der Waals surface area contributed by atoms with Crippen LogP contribution in [0, 0.1) is 11.3 Å². The van der Waals surface area contributed by atoms with Crippen LogP contribution >= 0.6 is 0 Å². The molecule has 2 aliphatic heterocycles. The number of nitrogens with one attached hydrogen (secondary N) is 4. The molecule has 0 radical (unpaired) electrons. The van der Waals surface area contributed by atoms with E-state index in [1.165, 1.54) is 42.7 Å². The monoisotopic (exact) mass is 735 g/mol. The minimum atomic E-state index is -4.20. The van der Waals surface area contributed by atoms with Crippen molar-refractivity contribution in [3.63, 3.8) is 0 Å². The second-order valence-electron chi connectivity index (χ2n) is 13.2. The van der Waals surface area contributed by atoms with Crippen LogP contribution in [0.1, 0.15) is 32.3 Å². The maximum atomic E-state index is 14.2. The quantitative estimate of drug-likeness (QED) is 0.139. The number of alkyl carbamates (subject to hydrolysis) is 1. The summed E-state index contributed by atoms with van der Waals surface area (Å²) in [6.45, 7) is 3.75. The molecule has 2 heterocycles. The first-order valence-corrected chi connectivity index (χ1v) is 18.2. The fourth-order valence-corrected chi connectivity index (χ4v) is 7.58. The third-order valence-electron chi connectivity index (χ3n) is 8.70. The summed E-state index contributed by atoms with van der Waals surface area (Å²) in [4.78, 5) is 41.5. The van der Waals surface area contributed by atoms with Gasteiger partial charge in [-0.25, -0.2) is 22.8 Å². The Morgan fingerprint density at radius 1 is 1.06 bits per heavy atom. The van der Waals surface area contributed by atoms with Crippen molar-refractivity contribution in [3.8, 4) is 5.75 Å². The third kappa shape index (κ3) is 11.8. The molecule has 2 aliphatic rings. The SMILES string of the molecule is CNOC(=O)CNC(=O)NCCC(C)(C)CN(C[C@@H](O)[C@H](Cc1ccccc1)NC(=O)O[C@H]1CO[C@H]2OCC[C@H]21)S(=O)(=O)c1ccc(OC)cc1. The van der Waals surface area contributed by atoms with Gasteiger partial charge in [-0.05, 0) is 54.5 Å². The molecule has 0 saturated carbocycles. The maximum absolute atomic E-state index is 14.2. The fourth-order valence-electron chi connectivity index (χ4n) is 5.94. The number of aliphatic hydroxyl groups is 1. The fraction of sp³-hybridized carbons (Fsp3) is 0.559. The Balaban J connectivity index is 1.50. The highest BCUT2D eigenvalue weighted by atomic mass is 32.2. The average Bonchev–Trinajstić information content (AvgIpc) is 3.72. The van der Waals surface area contributed by atoms with E-state index in [0.29, 0.717) is 25.2 Å². The maximum Gasteiger partial charge on any atom is 0.407 e. The van der Waals surface area contributed by atoms with E-state index in [1.54, 1.807) is 0 Å². The van der Waals surface area contributed by atoms with Gasteiger partial charge in [-0.15, -0.1) is 0 Å². The summed E-state index contributed by atoms with van der Waals surface area (Å²) in [5, 5.41) is 19.6. The molecule has 2 aromatic carbocycles. The number of benzene rings is 2. The normalized spacial score (nSPS) is 19.8. The second kappa shape index (κ2) is 18.5. The Bertz CT molecular complexity index is 1550. The number of amides is 3. The summed E-state index contributed by atoms with van der Waals surface area (Å²) in [5.41, 5.74) is 2.32. The Hall–Kier alpha value is -4.00. The van der Waals surface area contributed by atoms with Crippen molar-refractivity contribution in [2.45, 2.75) is 62.5 Å².